The molecule has 5 rings (SSSR count). The van der Waals surface area contributed by atoms with Crippen molar-refractivity contribution in [2.24, 2.45) is 5.92 Å². The van der Waals surface area contributed by atoms with E-state index < -0.39 is 5.97 Å². The summed E-state index contributed by atoms with van der Waals surface area (Å²) in [5.74, 6) is 0.374. The van der Waals surface area contributed by atoms with Gasteiger partial charge in [0.05, 0.1) is 12.7 Å². The first-order chi connectivity index (χ1) is 16.6. The van der Waals surface area contributed by atoms with E-state index in [9.17, 15) is 9.90 Å². The van der Waals surface area contributed by atoms with Crippen LogP contribution in [0, 0.1) is 5.92 Å². The fraction of sp³-hybridized carbons (Fsp3) is 0.286. The van der Waals surface area contributed by atoms with Gasteiger partial charge in [0.25, 0.3) is 0 Å². The molecule has 0 saturated carbocycles. The Kier molecular flexibility index (Phi) is 6.07. The number of fused-ring (bicyclic) bond motifs is 1. The molecule has 6 heteroatoms. The zero-order valence-corrected chi connectivity index (χ0v) is 19.5. The third-order valence-electron chi connectivity index (χ3n) is 7.02. The molecule has 6 nitrogen and oxygen atoms in total. The van der Waals surface area contributed by atoms with Gasteiger partial charge in [-0.15, -0.1) is 0 Å². The zero-order chi connectivity index (χ0) is 23.7. The first kappa shape index (κ1) is 22.2. The molecule has 2 atom stereocenters. The molecule has 0 bridgehead atoms. The van der Waals surface area contributed by atoms with Crippen molar-refractivity contribution in [2.75, 3.05) is 20.2 Å². The highest BCUT2D eigenvalue weighted by Gasteiger charge is 2.25. The lowest BCUT2D eigenvalue weighted by Crippen LogP contribution is -2.34. The molecule has 1 fully saturated rings. The molecule has 174 valence electrons. The summed E-state index contributed by atoms with van der Waals surface area (Å²) in [4.78, 5) is 16.7. The van der Waals surface area contributed by atoms with E-state index in [1.807, 2.05) is 48.8 Å². The van der Waals surface area contributed by atoms with Crippen molar-refractivity contribution in [3.8, 4) is 28.0 Å². The Morgan fingerprint density at radius 2 is 1.94 bits per heavy atom. The molecule has 2 unspecified atom stereocenters. The normalized spacial score (nSPS) is 16.9. The highest BCUT2D eigenvalue weighted by Crippen LogP contribution is 2.38. The second kappa shape index (κ2) is 9.31. The van der Waals surface area contributed by atoms with E-state index in [1.165, 1.54) is 0 Å². The lowest BCUT2D eigenvalue weighted by molar-refractivity contribution is 0.0699. The van der Waals surface area contributed by atoms with Crippen LogP contribution in [0.5, 0.6) is 5.75 Å². The van der Waals surface area contributed by atoms with Crippen LogP contribution in [0.1, 0.15) is 36.2 Å². The Balaban J connectivity index is 1.65. The van der Waals surface area contributed by atoms with Crippen molar-refractivity contribution in [3.63, 3.8) is 0 Å². The van der Waals surface area contributed by atoms with Gasteiger partial charge in [-0.3, -0.25) is 4.98 Å². The predicted molar refractivity (Wildman–Crippen MR) is 134 cm³/mol. The maximum Gasteiger partial charge on any atom is 0.336 e. The van der Waals surface area contributed by atoms with Gasteiger partial charge in [-0.2, -0.15) is 0 Å². The van der Waals surface area contributed by atoms with Crippen LogP contribution < -0.4 is 10.1 Å². The topological polar surface area (TPSA) is 76.4 Å². The van der Waals surface area contributed by atoms with E-state index in [4.69, 9.17) is 4.74 Å². The molecule has 0 radical (unpaired) electrons. The molecule has 3 heterocycles. The fourth-order valence-corrected chi connectivity index (χ4v) is 5.09. The second-order valence-electron chi connectivity index (χ2n) is 8.99. The first-order valence-electron chi connectivity index (χ1n) is 11.7. The number of aromatic carboxylic acids is 1. The molecule has 34 heavy (non-hydrogen) atoms. The summed E-state index contributed by atoms with van der Waals surface area (Å²) in [6, 6.07) is 15.7. The Morgan fingerprint density at radius 1 is 1.15 bits per heavy atom. The van der Waals surface area contributed by atoms with Gasteiger partial charge in [0.1, 0.15) is 5.75 Å². The number of ether oxygens (including phenoxy) is 1. The maximum absolute atomic E-state index is 12.2. The average molecular weight is 456 g/mol. The van der Waals surface area contributed by atoms with Crippen molar-refractivity contribution in [3.05, 3.63) is 72.7 Å². The number of nitrogens with zero attached hydrogens (tertiary/aromatic N) is 2. The molecule has 4 aromatic rings. The number of rotatable bonds is 6. The largest absolute Gasteiger partial charge is 0.497 e. The number of aromatic nitrogens is 2. The number of carboxylic acids is 1. The fourth-order valence-electron chi connectivity index (χ4n) is 5.09. The number of piperidine rings is 1. The number of hydrogen-bond donors (Lipinski definition) is 2. The standard InChI is InChI=1S/C28H29N3O3/c1-18(20-5-4-12-29-14-20)31-17-25(27-24(28(32)33)6-3-7-26(27)31)22-13-21(15-30-16-22)19-8-10-23(34-2)11-9-19/h3,6-11,13,15-18,20,29H,4-5,12,14H2,1-2H3,(H,32,33). The molecule has 0 aliphatic carbocycles. The second-order valence-corrected chi connectivity index (χ2v) is 8.99. The van der Waals surface area contributed by atoms with Gasteiger partial charge in [-0.25, -0.2) is 4.79 Å². The van der Waals surface area contributed by atoms with Gasteiger partial charge in [-0.1, -0.05) is 18.2 Å². The zero-order valence-electron chi connectivity index (χ0n) is 19.5. The molecular weight excluding hydrogens is 426 g/mol. The van der Waals surface area contributed by atoms with Crippen LogP contribution >= 0.6 is 0 Å². The molecule has 2 N–H and O–H groups in total. The summed E-state index contributed by atoms with van der Waals surface area (Å²) in [6.45, 7) is 4.28. The van der Waals surface area contributed by atoms with E-state index >= 15 is 0 Å². The Labute approximate surface area is 199 Å². The van der Waals surface area contributed by atoms with Crippen LogP contribution in [0.25, 0.3) is 33.2 Å². The van der Waals surface area contributed by atoms with Gasteiger partial charge >= 0.3 is 5.97 Å². The summed E-state index contributed by atoms with van der Waals surface area (Å²) in [5.41, 5.74) is 5.06. The van der Waals surface area contributed by atoms with E-state index in [2.05, 4.69) is 34.1 Å². The highest BCUT2D eigenvalue weighted by atomic mass is 16.5. The van der Waals surface area contributed by atoms with Gasteiger partial charge in [0, 0.05) is 52.2 Å². The number of pyridine rings is 1. The van der Waals surface area contributed by atoms with Crippen molar-refractivity contribution in [2.45, 2.75) is 25.8 Å². The SMILES string of the molecule is COc1ccc(-c2cncc(-c3cn(C(C)C4CCCNC4)c4cccc(C(=O)O)c34)c2)cc1. The van der Waals surface area contributed by atoms with Gasteiger partial charge < -0.3 is 19.7 Å². The molecule has 1 aliphatic rings. The van der Waals surface area contributed by atoms with Gasteiger partial charge in [0.15, 0.2) is 0 Å². The van der Waals surface area contributed by atoms with Crippen LogP contribution in [0.4, 0.5) is 0 Å². The highest BCUT2D eigenvalue weighted by molar-refractivity contribution is 6.10. The maximum atomic E-state index is 12.2. The molecule has 0 amide bonds. The number of benzene rings is 2. The lowest BCUT2D eigenvalue weighted by Gasteiger charge is -2.30. The van der Waals surface area contributed by atoms with Crippen molar-refractivity contribution >= 4 is 16.9 Å². The quantitative estimate of drug-likeness (QED) is 0.394. The average Bonchev–Trinajstić information content (AvgIpc) is 3.28. The van der Waals surface area contributed by atoms with E-state index in [1.54, 1.807) is 13.2 Å². The molecule has 0 spiro atoms. The summed E-state index contributed by atoms with van der Waals surface area (Å²) in [7, 11) is 1.65. The minimum atomic E-state index is -0.921. The molecular formula is C28H29N3O3. The monoisotopic (exact) mass is 455 g/mol. The van der Waals surface area contributed by atoms with Crippen molar-refractivity contribution in [1.82, 2.24) is 14.9 Å². The lowest BCUT2D eigenvalue weighted by atomic mass is 9.92. The summed E-state index contributed by atoms with van der Waals surface area (Å²) >= 11 is 0. The Hall–Kier alpha value is -3.64. The van der Waals surface area contributed by atoms with Crippen LogP contribution in [0.3, 0.4) is 0 Å². The Bertz CT molecular complexity index is 1320. The number of carbonyl (C=O) groups is 1. The molecule has 2 aromatic heterocycles. The van der Waals surface area contributed by atoms with Crippen LogP contribution in [0.2, 0.25) is 0 Å². The predicted octanol–water partition coefficient (Wildman–Crippen LogP) is 5.64. The summed E-state index contributed by atoms with van der Waals surface area (Å²) in [6.07, 6.45) is 8.09. The van der Waals surface area contributed by atoms with Crippen LogP contribution in [0.15, 0.2) is 67.1 Å². The number of hydrogen-bond acceptors (Lipinski definition) is 4. The third kappa shape index (κ3) is 4.05. The van der Waals surface area contributed by atoms with Gasteiger partial charge in [0.2, 0.25) is 0 Å². The number of carboxylic acid groups (broad SMARTS) is 1. The number of nitrogens with one attached hydrogen (secondary N) is 1. The summed E-state index contributed by atoms with van der Waals surface area (Å²) < 4.78 is 7.54. The van der Waals surface area contributed by atoms with E-state index in [0.29, 0.717) is 11.5 Å². The van der Waals surface area contributed by atoms with E-state index in [0.717, 1.165) is 64.8 Å². The third-order valence-corrected chi connectivity index (χ3v) is 7.02. The summed E-state index contributed by atoms with van der Waals surface area (Å²) in [5, 5.41) is 14.3. The van der Waals surface area contributed by atoms with Crippen LogP contribution in [-0.2, 0) is 0 Å². The number of methoxy groups -OCH3 is 1. The van der Waals surface area contributed by atoms with Crippen LogP contribution in [-0.4, -0.2) is 40.8 Å². The first-order valence-corrected chi connectivity index (χ1v) is 11.7. The Morgan fingerprint density at radius 3 is 2.65 bits per heavy atom. The molecule has 1 aliphatic heterocycles. The minimum absolute atomic E-state index is 0.242. The molecule has 2 aromatic carbocycles. The smallest absolute Gasteiger partial charge is 0.336 e. The van der Waals surface area contributed by atoms with Gasteiger partial charge in [-0.05, 0) is 74.7 Å². The van der Waals surface area contributed by atoms with E-state index in [-0.39, 0.29) is 6.04 Å². The van der Waals surface area contributed by atoms with Crippen molar-refractivity contribution in [1.29, 1.82) is 0 Å². The molecule has 1 saturated heterocycles. The van der Waals surface area contributed by atoms with Crippen molar-refractivity contribution < 1.29 is 14.6 Å². The minimum Gasteiger partial charge on any atom is -0.497 e.